The monoisotopic (exact) mass is 322 g/mol. The summed E-state index contributed by atoms with van der Waals surface area (Å²) in [5, 5.41) is 9.26. The zero-order valence-corrected chi connectivity index (χ0v) is 12.8. The van der Waals surface area contributed by atoms with Crippen LogP contribution >= 0.6 is 11.6 Å². The maximum absolute atomic E-state index is 11.4. The highest BCUT2D eigenvalue weighted by Crippen LogP contribution is 2.35. The normalized spacial score (nSPS) is 17.5. The number of nitrogens with one attached hydrogen (secondary N) is 1. The minimum atomic E-state index is -3.68. The quantitative estimate of drug-likeness (QED) is 0.912. The molecule has 4 nitrogen and oxygen atoms in total. The molecule has 0 radical (unpaired) electrons. The van der Waals surface area contributed by atoms with Crippen LogP contribution in [0.25, 0.3) is 0 Å². The van der Waals surface area contributed by atoms with Gasteiger partial charge in [-0.25, -0.2) is 13.6 Å². The molecule has 1 atom stereocenters. The van der Waals surface area contributed by atoms with Crippen molar-refractivity contribution >= 4 is 27.3 Å². The molecule has 1 unspecified atom stereocenters. The van der Waals surface area contributed by atoms with Crippen LogP contribution in [0.5, 0.6) is 0 Å². The van der Waals surface area contributed by atoms with Crippen molar-refractivity contribution in [3.05, 3.63) is 58.6 Å². The van der Waals surface area contributed by atoms with Crippen molar-refractivity contribution in [1.82, 2.24) is 0 Å². The highest BCUT2D eigenvalue weighted by atomic mass is 35.5. The fourth-order valence-electron chi connectivity index (χ4n) is 2.70. The van der Waals surface area contributed by atoms with Gasteiger partial charge in [0.2, 0.25) is 10.0 Å². The Morgan fingerprint density at radius 1 is 1.19 bits per heavy atom. The highest BCUT2D eigenvalue weighted by molar-refractivity contribution is 7.89. The van der Waals surface area contributed by atoms with Gasteiger partial charge >= 0.3 is 0 Å². The van der Waals surface area contributed by atoms with E-state index in [1.54, 1.807) is 12.1 Å². The number of anilines is 1. The molecule has 1 aliphatic carbocycles. The molecule has 6 heteroatoms. The number of sulfonamides is 1. The number of nitrogens with two attached hydrogens (primary N) is 1. The van der Waals surface area contributed by atoms with E-state index in [0.29, 0.717) is 0 Å². The SMILES string of the molecule is NS(=O)(=O)c1cccc(NC2CCc3cc(Cl)ccc32)c1. The minimum Gasteiger partial charge on any atom is -0.378 e. The standard InChI is InChI=1S/C15H15ClN2O2S/c16-11-5-6-14-10(8-11)4-7-15(14)18-12-2-1-3-13(9-12)21(17,19)20/h1-3,5-6,8-9,15,18H,4,7H2,(H2,17,19,20). The van der Waals surface area contributed by atoms with Crippen LogP contribution in [0.4, 0.5) is 5.69 Å². The van der Waals surface area contributed by atoms with E-state index in [1.807, 2.05) is 24.3 Å². The Labute approximate surface area is 129 Å². The summed E-state index contributed by atoms with van der Waals surface area (Å²) < 4.78 is 22.8. The van der Waals surface area contributed by atoms with Crippen LogP contribution in [-0.2, 0) is 16.4 Å². The Balaban J connectivity index is 1.87. The first-order chi connectivity index (χ1) is 9.93. The Hall–Kier alpha value is -1.56. The lowest BCUT2D eigenvalue weighted by atomic mass is 10.1. The van der Waals surface area contributed by atoms with Gasteiger partial charge in [-0.2, -0.15) is 0 Å². The van der Waals surface area contributed by atoms with Gasteiger partial charge in [0.05, 0.1) is 10.9 Å². The van der Waals surface area contributed by atoms with Crippen LogP contribution in [-0.4, -0.2) is 8.42 Å². The van der Waals surface area contributed by atoms with Crippen LogP contribution in [0.2, 0.25) is 5.02 Å². The zero-order valence-electron chi connectivity index (χ0n) is 11.2. The van der Waals surface area contributed by atoms with Crippen LogP contribution in [0, 0.1) is 0 Å². The summed E-state index contributed by atoms with van der Waals surface area (Å²) in [4.78, 5) is 0.113. The van der Waals surface area contributed by atoms with Crippen molar-refractivity contribution in [1.29, 1.82) is 0 Å². The van der Waals surface area contributed by atoms with Crippen molar-refractivity contribution in [3.8, 4) is 0 Å². The maximum atomic E-state index is 11.4. The topological polar surface area (TPSA) is 72.2 Å². The van der Waals surface area contributed by atoms with Crippen LogP contribution in [0.3, 0.4) is 0 Å². The molecular weight excluding hydrogens is 308 g/mol. The summed E-state index contributed by atoms with van der Waals surface area (Å²) in [5.41, 5.74) is 3.19. The molecule has 0 saturated carbocycles. The van der Waals surface area contributed by atoms with Crippen molar-refractivity contribution in [2.24, 2.45) is 5.14 Å². The largest absolute Gasteiger partial charge is 0.378 e. The number of hydrogen-bond donors (Lipinski definition) is 2. The van der Waals surface area contributed by atoms with Crippen molar-refractivity contribution in [3.63, 3.8) is 0 Å². The van der Waals surface area contributed by atoms with E-state index < -0.39 is 10.0 Å². The van der Waals surface area contributed by atoms with Gasteiger partial charge in [-0.05, 0) is 54.3 Å². The Morgan fingerprint density at radius 3 is 2.76 bits per heavy atom. The van der Waals surface area contributed by atoms with Gasteiger partial charge in [0, 0.05) is 10.7 Å². The molecule has 110 valence electrons. The van der Waals surface area contributed by atoms with Gasteiger partial charge in [0.15, 0.2) is 0 Å². The molecule has 0 saturated heterocycles. The number of primary sulfonamides is 1. The predicted octanol–water partition coefficient (Wildman–Crippen LogP) is 3.09. The Kier molecular flexibility index (Phi) is 3.65. The molecule has 0 aromatic heterocycles. The Bertz CT molecular complexity index is 790. The first-order valence-electron chi connectivity index (χ1n) is 6.61. The van der Waals surface area contributed by atoms with Gasteiger partial charge in [-0.3, -0.25) is 0 Å². The molecule has 0 spiro atoms. The maximum Gasteiger partial charge on any atom is 0.238 e. The number of halogens is 1. The van der Waals surface area contributed by atoms with E-state index in [4.69, 9.17) is 16.7 Å². The van der Waals surface area contributed by atoms with E-state index in [9.17, 15) is 8.42 Å². The minimum absolute atomic E-state index is 0.113. The summed E-state index contributed by atoms with van der Waals surface area (Å²) in [6, 6.07) is 12.6. The molecule has 3 rings (SSSR count). The van der Waals surface area contributed by atoms with Crippen LogP contribution < -0.4 is 10.5 Å². The van der Waals surface area contributed by atoms with E-state index in [2.05, 4.69) is 5.32 Å². The molecule has 0 bridgehead atoms. The number of hydrogen-bond acceptors (Lipinski definition) is 3. The molecule has 0 aliphatic heterocycles. The zero-order chi connectivity index (χ0) is 15.0. The second kappa shape index (κ2) is 5.33. The number of rotatable bonds is 3. The Morgan fingerprint density at radius 2 is 2.00 bits per heavy atom. The summed E-state index contributed by atoms with van der Waals surface area (Å²) in [6.45, 7) is 0. The van der Waals surface area contributed by atoms with Gasteiger partial charge < -0.3 is 5.32 Å². The molecule has 0 heterocycles. The predicted molar refractivity (Wildman–Crippen MR) is 84.0 cm³/mol. The van der Waals surface area contributed by atoms with Gasteiger partial charge in [0.1, 0.15) is 0 Å². The summed E-state index contributed by atoms with van der Waals surface area (Å²) in [6.07, 6.45) is 1.91. The molecule has 0 amide bonds. The molecule has 1 aliphatic rings. The van der Waals surface area contributed by atoms with Crippen molar-refractivity contribution in [2.75, 3.05) is 5.32 Å². The van der Waals surface area contributed by atoms with Gasteiger partial charge in [-0.1, -0.05) is 23.7 Å². The molecule has 2 aromatic rings. The molecule has 3 N–H and O–H groups in total. The summed E-state index contributed by atoms with van der Waals surface area (Å²) in [5.74, 6) is 0. The average Bonchev–Trinajstić information content (AvgIpc) is 2.80. The lowest BCUT2D eigenvalue weighted by Gasteiger charge is -2.16. The van der Waals surface area contributed by atoms with E-state index in [0.717, 1.165) is 23.6 Å². The highest BCUT2D eigenvalue weighted by Gasteiger charge is 2.22. The lowest BCUT2D eigenvalue weighted by molar-refractivity contribution is 0.598. The first-order valence-corrected chi connectivity index (χ1v) is 8.53. The summed E-state index contributed by atoms with van der Waals surface area (Å²) in [7, 11) is -3.68. The molecular formula is C15H15ClN2O2S. The third kappa shape index (κ3) is 3.05. The number of fused-ring (bicyclic) bond motifs is 1. The van der Waals surface area contributed by atoms with Crippen molar-refractivity contribution < 1.29 is 8.42 Å². The van der Waals surface area contributed by atoms with Crippen molar-refractivity contribution in [2.45, 2.75) is 23.8 Å². The second-order valence-corrected chi connectivity index (χ2v) is 7.15. The number of aryl methyl sites for hydroxylation is 1. The second-order valence-electron chi connectivity index (χ2n) is 5.15. The fraction of sp³-hybridized carbons (Fsp3) is 0.200. The molecule has 2 aromatic carbocycles. The van der Waals surface area contributed by atoms with Crippen LogP contribution in [0.15, 0.2) is 47.4 Å². The first kappa shape index (κ1) is 14.4. The summed E-state index contributed by atoms with van der Waals surface area (Å²) >= 11 is 6.00. The van der Waals surface area contributed by atoms with Gasteiger partial charge in [0.25, 0.3) is 0 Å². The van der Waals surface area contributed by atoms with E-state index in [1.165, 1.54) is 17.2 Å². The third-order valence-electron chi connectivity index (χ3n) is 3.69. The fourth-order valence-corrected chi connectivity index (χ4v) is 3.45. The average molecular weight is 323 g/mol. The molecule has 21 heavy (non-hydrogen) atoms. The van der Waals surface area contributed by atoms with Crippen LogP contribution in [0.1, 0.15) is 23.6 Å². The smallest absolute Gasteiger partial charge is 0.238 e. The molecule has 0 fully saturated rings. The van der Waals surface area contributed by atoms with Gasteiger partial charge in [-0.15, -0.1) is 0 Å². The number of benzene rings is 2. The third-order valence-corrected chi connectivity index (χ3v) is 4.83. The van der Waals surface area contributed by atoms with E-state index in [-0.39, 0.29) is 10.9 Å². The van der Waals surface area contributed by atoms with E-state index >= 15 is 0 Å². The lowest BCUT2D eigenvalue weighted by Crippen LogP contribution is -2.13.